The predicted molar refractivity (Wildman–Crippen MR) is 175 cm³/mol. The molecule has 0 spiro atoms. The van der Waals surface area contributed by atoms with Crippen LogP contribution in [0.5, 0.6) is 17.2 Å². The molecule has 0 fully saturated rings. The van der Waals surface area contributed by atoms with Gasteiger partial charge in [0.15, 0.2) is 11.5 Å². The molecule has 5 nitrogen and oxygen atoms in total. The second-order valence-corrected chi connectivity index (χ2v) is 10.5. The minimum Gasteiger partial charge on any atom is -0.497 e. The van der Waals surface area contributed by atoms with E-state index >= 15 is 0 Å². The number of halogens is 2. The first-order valence-corrected chi connectivity index (χ1v) is 14.6. The van der Waals surface area contributed by atoms with E-state index in [2.05, 4.69) is 53.1 Å². The molecule has 0 saturated carbocycles. The molecule has 0 amide bonds. The van der Waals surface area contributed by atoms with Gasteiger partial charge in [-0.1, -0.05) is 55.3 Å². The maximum atomic E-state index is 5.81. The van der Waals surface area contributed by atoms with Gasteiger partial charge in [0, 0.05) is 11.6 Å². The van der Waals surface area contributed by atoms with Crippen molar-refractivity contribution in [3.8, 4) is 17.2 Å². The Morgan fingerprint density at radius 2 is 1.41 bits per heavy atom. The number of hydrogen-bond acceptors (Lipinski definition) is 5. The fourth-order valence-electron chi connectivity index (χ4n) is 5.72. The zero-order valence-electron chi connectivity index (χ0n) is 24.9. The van der Waals surface area contributed by atoms with Crippen LogP contribution >= 0.6 is 24.8 Å². The van der Waals surface area contributed by atoms with E-state index < -0.39 is 0 Å². The third kappa shape index (κ3) is 10.4. The molecule has 1 aliphatic carbocycles. The Morgan fingerprint density at radius 3 is 2.10 bits per heavy atom. The van der Waals surface area contributed by atoms with Crippen LogP contribution in [-0.2, 0) is 32.1 Å². The molecule has 0 radical (unpaired) electrons. The van der Waals surface area contributed by atoms with Crippen molar-refractivity contribution in [2.24, 2.45) is 0 Å². The van der Waals surface area contributed by atoms with Gasteiger partial charge in [-0.2, -0.15) is 0 Å². The Morgan fingerprint density at radius 1 is 0.683 bits per heavy atom. The molecule has 1 aliphatic rings. The van der Waals surface area contributed by atoms with Gasteiger partial charge in [-0.05, 0) is 105 Å². The topological polar surface area (TPSA) is 51.8 Å². The van der Waals surface area contributed by atoms with Crippen molar-refractivity contribution in [3.05, 3.63) is 88.5 Å². The molecule has 226 valence electrons. The number of ether oxygens (including phenoxy) is 3. The number of fused-ring (bicyclic) bond motifs is 1. The smallest absolute Gasteiger partial charge is 0.164 e. The quantitative estimate of drug-likeness (QED) is 0.167. The number of rotatable bonds is 17. The number of benzene rings is 3. The Labute approximate surface area is 259 Å². The maximum absolute atomic E-state index is 5.81. The Balaban J connectivity index is 0.00000294. The molecule has 0 aliphatic heterocycles. The molecule has 0 saturated heterocycles. The lowest BCUT2D eigenvalue weighted by Gasteiger charge is -2.17. The third-order valence-electron chi connectivity index (χ3n) is 7.88. The summed E-state index contributed by atoms with van der Waals surface area (Å²) in [6.45, 7) is 3.16. The Bertz CT molecular complexity index is 1150. The lowest BCUT2D eigenvalue weighted by molar-refractivity contribution is 0.351. The van der Waals surface area contributed by atoms with Gasteiger partial charge < -0.3 is 24.8 Å². The van der Waals surface area contributed by atoms with Crippen LogP contribution in [0.2, 0.25) is 0 Å². The normalized spacial score (nSPS) is 12.3. The highest BCUT2D eigenvalue weighted by molar-refractivity contribution is 5.85. The van der Waals surface area contributed by atoms with E-state index in [9.17, 15) is 0 Å². The molecule has 2 N–H and O–H groups in total. The molecule has 3 aromatic carbocycles. The van der Waals surface area contributed by atoms with Gasteiger partial charge in [0.25, 0.3) is 0 Å². The van der Waals surface area contributed by atoms with E-state index in [1.54, 1.807) is 21.3 Å². The molecule has 0 unspecified atom stereocenters. The molecule has 0 aromatic heterocycles. The average molecular weight is 604 g/mol. The highest BCUT2D eigenvalue weighted by Gasteiger charge is 2.19. The number of nitrogens with one attached hydrogen (secondary N) is 2. The lowest BCUT2D eigenvalue weighted by Crippen LogP contribution is -2.30. The molecular formula is C34H48Cl2N2O3. The summed E-state index contributed by atoms with van der Waals surface area (Å²) in [5, 5.41) is 7.42. The summed E-state index contributed by atoms with van der Waals surface area (Å²) >= 11 is 0. The van der Waals surface area contributed by atoms with Crippen LogP contribution in [-0.4, -0.2) is 47.0 Å². The molecular weight excluding hydrogens is 555 g/mol. The summed E-state index contributed by atoms with van der Waals surface area (Å²) in [5.41, 5.74) is 6.87. The SMILES string of the molecule is COc1cccc(CCc2c(CCNCCCCCCNC3Cc4ccccc4C3)ccc(OC)c2OC)c1.Cl.Cl. The summed E-state index contributed by atoms with van der Waals surface area (Å²) in [4.78, 5) is 0. The first kappa shape index (κ1) is 34.8. The van der Waals surface area contributed by atoms with Crippen molar-refractivity contribution in [2.75, 3.05) is 41.0 Å². The summed E-state index contributed by atoms with van der Waals surface area (Å²) < 4.78 is 16.8. The monoisotopic (exact) mass is 602 g/mol. The van der Waals surface area contributed by atoms with Gasteiger partial charge >= 0.3 is 0 Å². The first-order chi connectivity index (χ1) is 19.2. The number of hydrogen-bond donors (Lipinski definition) is 2. The van der Waals surface area contributed by atoms with E-state index in [1.807, 2.05) is 18.2 Å². The van der Waals surface area contributed by atoms with Crippen LogP contribution < -0.4 is 24.8 Å². The average Bonchev–Trinajstić information content (AvgIpc) is 3.40. The molecule has 0 bridgehead atoms. The third-order valence-corrected chi connectivity index (χ3v) is 7.88. The summed E-state index contributed by atoms with van der Waals surface area (Å²) in [7, 11) is 5.15. The minimum atomic E-state index is 0. The van der Waals surface area contributed by atoms with Gasteiger partial charge in [0.1, 0.15) is 5.75 Å². The highest BCUT2D eigenvalue weighted by atomic mass is 35.5. The fraction of sp³-hybridized carbons (Fsp3) is 0.471. The lowest BCUT2D eigenvalue weighted by atomic mass is 9.96. The molecule has 0 atom stereocenters. The number of methoxy groups -OCH3 is 3. The van der Waals surface area contributed by atoms with E-state index in [-0.39, 0.29) is 24.8 Å². The molecule has 41 heavy (non-hydrogen) atoms. The second-order valence-electron chi connectivity index (χ2n) is 10.5. The van der Waals surface area contributed by atoms with Crippen LogP contribution in [0.1, 0.15) is 53.5 Å². The van der Waals surface area contributed by atoms with Gasteiger partial charge in [-0.15, -0.1) is 24.8 Å². The maximum Gasteiger partial charge on any atom is 0.164 e. The second kappa shape index (κ2) is 18.9. The van der Waals surface area contributed by atoms with Crippen molar-refractivity contribution < 1.29 is 14.2 Å². The fourth-order valence-corrected chi connectivity index (χ4v) is 5.72. The van der Waals surface area contributed by atoms with Gasteiger partial charge in [0.2, 0.25) is 0 Å². The van der Waals surface area contributed by atoms with E-state index in [0.717, 1.165) is 56.1 Å². The van der Waals surface area contributed by atoms with E-state index in [0.29, 0.717) is 6.04 Å². The van der Waals surface area contributed by atoms with Crippen molar-refractivity contribution >= 4 is 24.8 Å². The van der Waals surface area contributed by atoms with Crippen LogP contribution in [0.15, 0.2) is 60.7 Å². The first-order valence-electron chi connectivity index (χ1n) is 14.6. The van der Waals surface area contributed by atoms with Crippen molar-refractivity contribution in [1.29, 1.82) is 0 Å². The van der Waals surface area contributed by atoms with Crippen LogP contribution in [0, 0.1) is 0 Å². The zero-order valence-corrected chi connectivity index (χ0v) is 26.5. The van der Waals surface area contributed by atoms with Gasteiger partial charge in [0.05, 0.1) is 21.3 Å². The van der Waals surface area contributed by atoms with Crippen molar-refractivity contribution in [1.82, 2.24) is 10.6 Å². The molecule has 0 heterocycles. The Hall–Kier alpha value is -2.44. The standard InChI is InChI=1S/C34H46N2O3.2ClH/c1-37-31-14-10-11-26(23-31)15-17-32-27(16-18-33(38-2)34(32)39-3)19-22-35-20-8-4-5-9-21-36-30-24-28-12-6-7-13-29(28)25-30;;/h6-7,10-14,16,18,23,30,35-36H,4-5,8-9,15,17,19-22,24-25H2,1-3H3;2*1H. The van der Waals surface area contributed by atoms with Crippen molar-refractivity contribution in [2.45, 2.75) is 63.8 Å². The van der Waals surface area contributed by atoms with E-state index in [1.165, 1.54) is 66.3 Å². The van der Waals surface area contributed by atoms with Crippen LogP contribution in [0.3, 0.4) is 0 Å². The Kier molecular flexibility index (Phi) is 16.0. The summed E-state index contributed by atoms with van der Waals surface area (Å²) in [5.74, 6) is 2.54. The largest absolute Gasteiger partial charge is 0.497 e. The molecule has 4 rings (SSSR count). The number of aryl methyl sites for hydroxylation is 1. The summed E-state index contributed by atoms with van der Waals surface area (Å²) in [6.07, 6.45) is 10.2. The minimum absolute atomic E-state index is 0. The van der Waals surface area contributed by atoms with Crippen LogP contribution in [0.25, 0.3) is 0 Å². The summed E-state index contributed by atoms with van der Waals surface area (Å²) in [6, 6.07) is 22.0. The predicted octanol–water partition coefficient (Wildman–Crippen LogP) is 6.79. The van der Waals surface area contributed by atoms with E-state index in [4.69, 9.17) is 14.2 Å². The highest BCUT2D eigenvalue weighted by Crippen LogP contribution is 2.35. The zero-order chi connectivity index (χ0) is 27.3. The number of unbranched alkanes of at least 4 members (excludes halogenated alkanes) is 3. The molecule has 3 aromatic rings. The van der Waals surface area contributed by atoms with Crippen molar-refractivity contribution in [3.63, 3.8) is 0 Å². The molecule has 7 heteroatoms. The van der Waals surface area contributed by atoms with Gasteiger partial charge in [-0.25, -0.2) is 0 Å². The van der Waals surface area contributed by atoms with Gasteiger partial charge in [-0.3, -0.25) is 0 Å². The van der Waals surface area contributed by atoms with Crippen LogP contribution in [0.4, 0.5) is 0 Å².